The van der Waals surface area contributed by atoms with E-state index in [4.69, 9.17) is 0 Å². The minimum absolute atomic E-state index is 0.431. The highest BCUT2D eigenvalue weighted by Crippen LogP contribution is 2.53. The van der Waals surface area contributed by atoms with E-state index in [-0.39, 0.29) is 0 Å². The van der Waals surface area contributed by atoms with E-state index in [0.29, 0.717) is 5.41 Å². The average molecular weight is 221 g/mol. The van der Waals surface area contributed by atoms with Crippen LogP contribution in [0.15, 0.2) is 29.2 Å². The Morgan fingerprint density at radius 2 is 2.07 bits per heavy atom. The predicted octanol–water partition coefficient (Wildman–Crippen LogP) is 2.91. The first kappa shape index (κ1) is 11.0. The fourth-order valence-electron chi connectivity index (χ4n) is 2.32. The van der Waals surface area contributed by atoms with Gasteiger partial charge in [0.1, 0.15) is 0 Å². The van der Waals surface area contributed by atoms with E-state index in [1.54, 1.807) is 0 Å². The summed E-state index contributed by atoms with van der Waals surface area (Å²) in [6, 6.07) is 9.06. The van der Waals surface area contributed by atoms with Crippen LogP contribution in [0.1, 0.15) is 18.9 Å². The molecule has 1 aromatic carbocycles. The highest BCUT2D eigenvalue weighted by atomic mass is 32.2. The van der Waals surface area contributed by atoms with Crippen molar-refractivity contribution in [2.45, 2.75) is 23.7 Å². The van der Waals surface area contributed by atoms with E-state index < -0.39 is 0 Å². The standard InChI is InChI=1S/C13H19NS/c1-13(8-11(13)9-14-2)10-4-6-12(15-3)7-5-10/h4-7,11,14H,8-9H2,1-3H3. The molecule has 1 aliphatic rings. The van der Waals surface area contributed by atoms with E-state index >= 15 is 0 Å². The topological polar surface area (TPSA) is 12.0 Å². The third kappa shape index (κ3) is 2.06. The van der Waals surface area contributed by atoms with Gasteiger partial charge in [-0.2, -0.15) is 0 Å². The lowest BCUT2D eigenvalue weighted by Gasteiger charge is -2.12. The summed E-state index contributed by atoms with van der Waals surface area (Å²) >= 11 is 1.81. The summed E-state index contributed by atoms with van der Waals surface area (Å²) in [7, 11) is 2.04. The zero-order valence-corrected chi connectivity index (χ0v) is 10.5. The van der Waals surface area contributed by atoms with Crippen LogP contribution in [0.4, 0.5) is 0 Å². The summed E-state index contributed by atoms with van der Waals surface area (Å²) in [6.45, 7) is 3.52. The van der Waals surface area contributed by atoms with Crippen LogP contribution in [-0.2, 0) is 5.41 Å². The molecule has 1 saturated carbocycles. The molecule has 1 nitrogen and oxygen atoms in total. The monoisotopic (exact) mass is 221 g/mol. The Hall–Kier alpha value is -0.470. The van der Waals surface area contributed by atoms with E-state index in [1.807, 2.05) is 18.8 Å². The number of thioether (sulfide) groups is 1. The second-order valence-electron chi connectivity index (χ2n) is 4.60. The lowest BCUT2D eigenvalue weighted by Crippen LogP contribution is -2.15. The Morgan fingerprint density at radius 1 is 1.40 bits per heavy atom. The van der Waals surface area contributed by atoms with Crippen LogP contribution in [0.5, 0.6) is 0 Å². The van der Waals surface area contributed by atoms with Gasteiger partial charge in [0.2, 0.25) is 0 Å². The largest absolute Gasteiger partial charge is 0.319 e. The molecule has 0 heterocycles. The van der Waals surface area contributed by atoms with Gasteiger partial charge in [-0.3, -0.25) is 0 Å². The Morgan fingerprint density at radius 3 is 2.60 bits per heavy atom. The second kappa shape index (κ2) is 4.18. The molecule has 1 aliphatic carbocycles. The third-order valence-electron chi connectivity index (χ3n) is 3.61. The molecule has 82 valence electrons. The summed E-state index contributed by atoms with van der Waals surface area (Å²) in [5.74, 6) is 0.822. The molecule has 0 amide bonds. The van der Waals surface area contributed by atoms with Gasteiger partial charge in [0.05, 0.1) is 0 Å². The highest BCUT2D eigenvalue weighted by molar-refractivity contribution is 7.98. The minimum Gasteiger partial charge on any atom is -0.319 e. The normalized spacial score (nSPS) is 29.1. The molecular formula is C13H19NS. The minimum atomic E-state index is 0.431. The maximum Gasteiger partial charge on any atom is 0.00693 e. The molecule has 2 heteroatoms. The van der Waals surface area contributed by atoms with Gasteiger partial charge >= 0.3 is 0 Å². The van der Waals surface area contributed by atoms with Gasteiger partial charge in [-0.15, -0.1) is 11.8 Å². The van der Waals surface area contributed by atoms with Crippen molar-refractivity contribution in [3.8, 4) is 0 Å². The van der Waals surface area contributed by atoms with Crippen LogP contribution in [0.2, 0.25) is 0 Å². The quantitative estimate of drug-likeness (QED) is 0.785. The number of nitrogens with one attached hydrogen (secondary N) is 1. The van der Waals surface area contributed by atoms with Gasteiger partial charge in [0.15, 0.2) is 0 Å². The summed E-state index contributed by atoms with van der Waals surface area (Å²) in [5.41, 5.74) is 1.93. The van der Waals surface area contributed by atoms with Crippen LogP contribution in [0, 0.1) is 5.92 Å². The molecule has 0 saturated heterocycles. The average Bonchev–Trinajstić information content (AvgIpc) is 2.92. The van der Waals surface area contributed by atoms with Crippen LogP contribution in [0.3, 0.4) is 0 Å². The van der Waals surface area contributed by atoms with Crippen molar-refractivity contribution in [1.29, 1.82) is 0 Å². The van der Waals surface area contributed by atoms with E-state index in [2.05, 4.69) is 42.8 Å². The predicted molar refractivity (Wildman–Crippen MR) is 67.6 cm³/mol. The smallest absolute Gasteiger partial charge is 0.00693 e. The molecule has 0 radical (unpaired) electrons. The molecule has 1 N–H and O–H groups in total. The van der Waals surface area contributed by atoms with Gasteiger partial charge in [-0.05, 0) is 55.3 Å². The van der Waals surface area contributed by atoms with Gasteiger partial charge in [0, 0.05) is 4.90 Å². The second-order valence-corrected chi connectivity index (χ2v) is 5.48. The number of benzene rings is 1. The van der Waals surface area contributed by atoms with Gasteiger partial charge < -0.3 is 5.32 Å². The lowest BCUT2D eigenvalue weighted by atomic mass is 9.95. The Bertz CT molecular complexity index is 333. The van der Waals surface area contributed by atoms with Crippen molar-refractivity contribution in [2.24, 2.45) is 5.92 Å². The van der Waals surface area contributed by atoms with Crippen molar-refractivity contribution in [1.82, 2.24) is 5.32 Å². The van der Waals surface area contributed by atoms with Crippen molar-refractivity contribution < 1.29 is 0 Å². The van der Waals surface area contributed by atoms with Crippen molar-refractivity contribution in [3.05, 3.63) is 29.8 Å². The molecule has 1 aromatic rings. The summed E-state index contributed by atoms with van der Waals surface area (Å²) in [4.78, 5) is 1.35. The van der Waals surface area contributed by atoms with Crippen LogP contribution >= 0.6 is 11.8 Å². The maximum atomic E-state index is 3.27. The van der Waals surface area contributed by atoms with Gasteiger partial charge in [-0.25, -0.2) is 0 Å². The summed E-state index contributed by atoms with van der Waals surface area (Å²) < 4.78 is 0. The van der Waals surface area contributed by atoms with E-state index in [9.17, 15) is 0 Å². The molecule has 0 spiro atoms. The van der Waals surface area contributed by atoms with Gasteiger partial charge in [-0.1, -0.05) is 19.1 Å². The maximum absolute atomic E-state index is 3.27. The first-order valence-corrected chi connectivity index (χ1v) is 6.72. The summed E-state index contributed by atoms with van der Waals surface area (Å²) in [5, 5.41) is 3.27. The fourth-order valence-corrected chi connectivity index (χ4v) is 2.73. The first-order valence-electron chi connectivity index (χ1n) is 5.50. The van der Waals surface area contributed by atoms with Crippen molar-refractivity contribution in [2.75, 3.05) is 19.8 Å². The summed E-state index contributed by atoms with van der Waals surface area (Å²) in [6.07, 6.45) is 3.45. The zero-order chi connectivity index (χ0) is 10.9. The Balaban J connectivity index is 2.10. The third-order valence-corrected chi connectivity index (χ3v) is 4.35. The molecular weight excluding hydrogens is 202 g/mol. The van der Waals surface area contributed by atoms with Crippen LogP contribution < -0.4 is 5.32 Å². The first-order chi connectivity index (χ1) is 7.20. The molecule has 2 rings (SSSR count). The van der Waals surface area contributed by atoms with Crippen molar-refractivity contribution in [3.63, 3.8) is 0 Å². The van der Waals surface area contributed by atoms with E-state index in [0.717, 1.165) is 12.5 Å². The molecule has 0 aromatic heterocycles. The van der Waals surface area contributed by atoms with Crippen LogP contribution in [0.25, 0.3) is 0 Å². The molecule has 0 bridgehead atoms. The number of hydrogen-bond acceptors (Lipinski definition) is 2. The van der Waals surface area contributed by atoms with Crippen LogP contribution in [-0.4, -0.2) is 19.8 Å². The lowest BCUT2D eigenvalue weighted by molar-refractivity contribution is 0.617. The number of rotatable bonds is 4. The molecule has 2 unspecified atom stereocenters. The van der Waals surface area contributed by atoms with Gasteiger partial charge in [0.25, 0.3) is 0 Å². The fraction of sp³-hybridized carbons (Fsp3) is 0.538. The Kier molecular flexibility index (Phi) is 3.08. The molecule has 0 aliphatic heterocycles. The van der Waals surface area contributed by atoms with E-state index in [1.165, 1.54) is 16.9 Å². The Labute approximate surface area is 96.7 Å². The SMILES string of the molecule is CNCC1CC1(C)c1ccc(SC)cc1. The molecule has 15 heavy (non-hydrogen) atoms. The highest BCUT2D eigenvalue weighted by Gasteiger charge is 2.50. The van der Waals surface area contributed by atoms with Crippen molar-refractivity contribution >= 4 is 11.8 Å². The number of hydrogen-bond donors (Lipinski definition) is 1. The molecule has 2 atom stereocenters. The zero-order valence-electron chi connectivity index (χ0n) is 9.71. The molecule has 1 fully saturated rings.